The molecule has 0 aliphatic heterocycles. The van der Waals surface area contributed by atoms with E-state index in [1.807, 2.05) is 58.2 Å². The first-order valence-electron chi connectivity index (χ1n) is 7.00. The minimum atomic E-state index is 0. The number of oxime groups is 1. The molecule has 0 atom stereocenters. The van der Waals surface area contributed by atoms with E-state index in [2.05, 4.69) is 17.3 Å². The third kappa shape index (κ3) is 7.14. The van der Waals surface area contributed by atoms with Gasteiger partial charge in [-0.05, 0) is 19.1 Å². The Morgan fingerprint density at radius 3 is 1.88 bits per heavy atom. The first-order chi connectivity index (χ1) is 10.7. The fourth-order valence-electron chi connectivity index (χ4n) is 1.95. The van der Waals surface area contributed by atoms with Crippen LogP contribution < -0.4 is 43.1 Å². The maximum atomic E-state index is 11.2. The zero-order valence-corrected chi connectivity index (χ0v) is 16.4. The van der Waals surface area contributed by atoms with E-state index in [9.17, 15) is 4.79 Å². The SMILES string of the molecule is CC(=O)c1cc[n+](C/C=C/C[n+]2ccc(/C=N\O)cc2)cc1.[Br-].[Br-]. The van der Waals surface area contributed by atoms with E-state index in [0.717, 1.165) is 24.2 Å². The molecule has 2 aromatic heterocycles. The van der Waals surface area contributed by atoms with E-state index in [1.165, 1.54) is 6.21 Å². The zero-order chi connectivity index (χ0) is 15.8. The van der Waals surface area contributed by atoms with Crippen LogP contribution in [0, 0.1) is 0 Å². The lowest BCUT2D eigenvalue weighted by Gasteiger charge is -1.95. The molecule has 128 valence electrons. The summed E-state index contributed by atoms with van der Waals surface area (Å²) in [7, 11) is 0. The number of halogens is 2. The lowest BCUT2D eigenvalue weighted by Crippen LogP contribution is -3.00. The van der Waals surface area contributed by atoms with Crippen molar-refractivity contribution in [2.24, 2.45) is 5.16 Å². The molecule has 1 N–H and O–H groups in total. The lowest BCUT2D eigenvalue weighted by molar-refractivity contribution is -0.691. The fourth-order valence-corrected chi connectivity index (χ4v) is 1.95. The van der Waals surface area contributed by atoms with E-state index in [0.29, 0.717) is 0 Å². The van der Waals surface area contributed by atoms with Gasteiger partial charge in [0.2, 0.25) is 0 Å². The van der Waals surface area contributed by atoms with Gasteiger partial charge in [0.05, 0.1) is 6.21 Å². The molecule has 0 fully saturated rings. The van der Waals surface area contributed by atoms with Crippen LogP contribution in [-0.2, 0) is 13.1 Å². The van der Waals surface area contributed by atoms with E-state index in [1.54, 1.807) is 6.92 Å². The summed E-state index contributed by atoms with van der Waals surface area (Å²) in [6.45, 7) is 3.09. The third-order valence-corrected chi connectivity index (χ3v) is 3.22. The van der Waals surface area contributed by atoms with Gasteiger partial charge in [0, 0.05) is 35.4 Å². The number of nitrogens with zero attached hydrogens (tertiary/aromatic N) is 3. The molecule has 7 heteroatoms. The standard InChI is InChI=1S/C17H18N3O2.2BrH/c1-15(21)17-6-12-20(13-7-17)9-3-2-8-19-10-4-16(5-11-19)14-18-22;;/h2-7,10-14H,8-9H2,1H3;2*1H/q+1;;/p-1/b3-2+;;. The summed E-state index contributed by atoms with van der Waals surface area (Å²) in [6, 6.07) is 7.41. The van der Waals surface area contributed by atoms with E-state index in [4.69, 9.17) is 5.21 Å². The Bertz CT molecular complexity index is 684. The molecule has 2 heterocycles. The van der Waals surface area contributed by atoms with Gasteiger partial charge in [0.1, 0.15) is 0 Å². The van der Waals surface area contributed by atoms with Gasteiger partial charge in [-0.15, -0.1) is 0 Å². The fraction of sp³-hybridized carbons (Fsp3) is 0.176. The van der Waals surface area contributed by atoms with Crippen molar-refractivity contribution in [1.82, 2.24) is 0 Å². The van der Waals surface area contributed by atoms with Crippen molar-refractivity contribution in [2.45, 2.75) is 20.0 Å². The minimum absolute atomic E-state index is 0. The van der Waals surface area contributed by atoms with E-state index >= 15 is 0 Å². The molecule has 2 rings (SSSR count). The minimum Gasteiger partial charge on any atom is -1.00 e. The average Bonchev–Trinajstić information content (AvgIpc) is 2.54. The summed E-state index contributed by atoms with van der Waals surface area (Å²) < 4.78 is 4.03. The van der Waals surface area contributed by atoms with Crippen molar-refractivity contribution in [3.63, 3.8) is 0 Å². The molecule has 0 saturated heterocycles. The van der Waals surface area contributed by atoms with Gasteiger partial charge in [0.25, 0.3) is 0 Å². The first kappa shape index (κ1) is 22.1. The molecule has 0 amide bonds. The van der Waals surface area contributed by atoms with Crippen molar-refractivity contribution in [2.75, 3.05) is 0 Å². The van der Waals surface area contributed by atoms with Crippen molar-refractivity contribution in [3.8, 4) is 0 Å². The highest BCUT2D eigenvalue weighted by Crippen LogP contribution is 1.95. The Morgan fingerprint density at radius 1 is 1.00 bits per heavy atom. The number of pyridine rings is 2. The molecule has 24 heavy (non-hydrogen) atoms. The van der Waals surface area contributed by atoms with Crippen LogP contribution in [0.5, 0.6) is 0 Å². The van der Waals surface area contributed by atoms with Crippen LogP contribution in [-0.4, -0.2) is 17.2 Å². The first-order valence-corrected chi connectivity index (χ1v) is 7.00. The molecule has 0 spiro atoms. The van der Waals surface area contributed by atoms with Gasteiger partial charge < -0.3 is 39.2 Å². The normalized spacial score (nSPS) is 10.4. The number of ketones is 1. The van der Waals surface area contributed by atoms with E-state index in [-0.39, 0.29) is 39.7 Å². The number of hydrogen-bond acceptors (Lipinski definition) is 3. The monoisotopic (exact) mass is 455 g/mol. The van der Waals surface area contributed by atoms with Gasteiger partial charge in [-0.1, -0.05) is 5.16 Å². The number of carbonyl (C=O) groups is 1. The molecule has 0 bridgehead atoms. The second-order valence-electron chi connectivity index (χ2n) is 4.88. The second kappa shape index (κ2) is 11.6. The largest absolute Gasteiger partial charge is 1.00 e. The molecule has 0 unspecified atom stereocenters. The molecule has 0 aliphatic carbocycles. The highest BCUT2D eigenvalue weighted by Gasteiger charge is 2.02. The molecule has 5 nitrogen and oxygen atoms in total. The molecular weight excluding hydrogens is 438 g/mol. The quantitative estimate of drug-likeness (QED) is 0.119. The van der Waals surface area contributed by atoms with Gasteiger partial charge >= 0.3 is 0 Å². The lowest BCUT2D eigenvalue weighted by atomic mass is 10.2. The summed E-state index contributed by atoms with van der Waals surface area (Å²) in [4.78, 5) is 11.2. The molecular formula is C17H19Br2N3O2. The van der Waals surface area contributed by atoms with Crippen LogP contribution in [0.1, 0.15) is 22.8 Å². The topological polar surface area (TPSA) is 57.4 Å². The predicted octanol–water partition coefficient (Wildman–Crippen LogP) is -4.46. The number of allylic oxidation sites excluding steroid dienone is 2. The van der Waals surface area contributed by atoms with Crippen LogP contribution in [0.25, 0.3) is 0 Å². The molecule has 0 aromatic carbocycles. The highest BCUT2D eigenvalue weighted by molar-refractivity contribution is 5.93. The Balaban J connectivity index is 0.00000264. The number of hydrogen-bond donors (Lipinski definition) is 1. The van der Waals surface area contributed by atoms with Gasteiger partial charge in [0.15, 0.2) is 43.7 Å². The summed E-state index contributed by atoms with van der Waals surface area (Å²) in [5.41, 5.74) is 1.58. The summed E-state index contributed by atoms with van der Waals surface area (Å²) in [6.07, 6.45) is 13.2. The van der Waals surface area contributed by atoms with Gasteiger partial charge in [-0.25, -0.2) is 9.13 Å². The maximum Gasteiger partial charge on any atom is 0.169 e. The maximum absolute atomic E-state index is 11.2. The molecule has 0 saturated carbocycles. The Morgan fingerprint density at radius 2 is 1.46 bits per heavy atom. The smallest absolute Gasteiger partial charge is 0.169 e. The number of rotatable bonds is 6. The average molecular weight is 457 g/mol. The second-order valence-corrected chi connectivity index (χ2v) is 4.88. The summed E-state index contributed by atoms with van der Waals surface area (Å²) >= 11 is 0. The summed E-state index contributed by atoms with van der Waals surface area (Å²) in [5.74, 6) is 0.0776. The van der Waals surface area contributed by atoms with Crippen LogP contribution in [0.2, 0.25) is 0 Å². The number of carbonyl (C=O) groups excluding carboxylic acids is 1. The van der Waals surface area contributed by atoms with Gasteiger partial charge in [-0.3, -0.25) is 4.79 Å². The Kier molecular flexibility index (Phi) is 10.7. The molecule has 2 aromatic rings. The van der Waals surface area contributed by atoms with Crippen LogP contribution in [0.4, 0.5) is 0 Å². The molecule has 0 aliphatic rings. The van der Waals surface area contributed by atoms with Gasteiger partial charge in [-0.2, -0.15) is 0 Å². The summed E-state index contributed by atoms with van der Waals surface area (Å²) in [5, 5.41) is 11.4. The third-order valence-electron chi connectivity index (χ3n) is 3.22. The number of aromatic nitrogens is 2. The van der Waals surface area contributed by atoms with Crippen molar-refractivity contribution in [1.29, 1.82) is 0 Å². The van der Waals surface area contributed by atoms with Crippen molar-refractivity contribution < 1.29 is 53.1 Å². The van der Waals surface area contributed by atoms with Crippen molar-refractivity contribution >= 4 is 12.0 Å². The van der Waals surface area contributed by atoms with Crippen LogP contribution >= 0.6 is 0 Å². The van der Waals surface area contributed by atoms with Crippen molar-refractivity contribution in [3.05, 3.63) is 72.3 Å². The number of Topliss-reactive ketones (excluding diaryl/α,β-unsaturated/α-hetero) is 1. The zero-order valence-electron chi connectivity index (χ0n) is 13.2. The predicted molar refractivity (Wildman–Crippen MR) is 81.8 cm³/mol. The van der Waals surface area contributed by atoms with Crippen LogP contribution in [0.15, 0.2) is 66.4 Å². The molecule has 0 radical (unpaired) electrons. The highest BCUT2D eigenvalue weighted by atomic mass is 79.9. The van der Waals surface area contributed by atoms with E-state index < -0.39 is 0 Å². The Labute approximate surface area is 162 Å². The Hall–Kier alpha value is -1.86. The van der Waals surface area contributed by atoms with Crippen LogP contribution in [0.3, 0.4) is 0 Å².